The molecule has 0 fully saturated rings. The Morgan fingerprint density at radius 1 is 0.245 bits per heavy atom. The number of para-hydroxylation sites is 2. The maximum atomic E-state index is 3.76. The highest BCUT2D eigenvalue weighted by atomic mass is 79.9. The minimum atomic E-state index is 1.08. The molecule has 0 unspecified atom stereocenters. The predicted octanol–water partition coefficient (Wildman–Crippen LogP) is 29.9. The van der Waals surface area contributed by atoms with Crippen LogP contribution in [0.3, 0.4) is 0 Å². The van der Waals surface area contributed by atoms with Gasteiger partial charge >= 0.3 is 0 Å². The van der Waals surface area contributed by atoms with Crippen molar-refractivity contribution in [3.63, 3.8) is 0 Å². The van der Waals surface area contributed by atoms with Crippen molar-refractivity contribution in [2.24, 2.45) is 0 Å². The summed E-state index contributed by atoms with van der Waals surface area (Å²) in [5.74, 6) is 0. The molecule has 0 radical (unpaired) electrons. The van der Waals surface area contributed by atoms with Crippen molar-refractivity contribution in [1.82, 2.24) is 9.55 Å². The van der Waals surface area contributed by atoms with E-state index < -0.39 is 0 Å². The molecule has 0 aliphatic rings. The SMILES string of the molecule is Brc1ccc(N(c2ccccc2)c2ccc(-c3ccccc3)cc2)cc1.CCCCC.c1ccc(-c2ccc(N(c3ccccc3)c3ccc(-n4c5c6ccccc6ccc5c5c6ccccc6c6ccccc6c54)cc3)cc2)cc1.c1ccc2c(c1)ccc1c2[nH]c2c3ccccc3c3ccccc3c12. The first-order valence-corrected chi connectivity index (χ1v) is 37.6. The number of rotatable bonds is 11. The molecule has 0 bridgehead atoms. The number of anilines is 6. The van der Waals surface area contributed by atoms with Gasteiger partial charge in [0.2, 0.25) is 0 Å². The Bertz CT molecular complexity index is 6470. The number of nitrogens with one attached hydrogen (secondary N) is 1. The molecule has 1 N–H and O–H groups in total. The van der Waals surface area contributed by atoms with Crippen LogP contribution in [0.4, 0.5) is 34.1 Å². The summed E-state index contributed by atoms with van der Waals surface area (Å²) in [6, 6.07) is 139. The lowest BCUT2D eigenvalue weighted by molar-refractivity contribution is 0.772. The number of hydrogen-bond acceptors (Lipinski definition) is 2. The molecule has 20 aromatic rings. The summed E-state index contributed by atoms with van der Waals surface area (Å²) in [6.07, 6.45) is 4.08. The van der Waals surface area contributed by atoms with Crippen LogP contribution in [0.15, 0.2) is 393 Å². The molecular formula is C101H77BrN4. The van der Waals surface area contributed by atoms with E-state index in [9.17, 15) is 0 Å². The zero-order chi connectivity index (χ0) is 71.3. The number of H-pyrrole nitrogens is 1. The molecule has 508 valence electrons. The zero-order valence-electron chi connectivity index (χ0n) is 59.3. The highest BCUT2D eigenvalue weighted by molar-refractivity contribution is 9.10. The highest BCUT2D eigenvalue weighted by Gasteiger charge is 2.23. The maximum Gasteiger partial charge on any atom is 0.0626 e. The molecule has 0 spiro atoms. The Morgan fingerprint density at radius 3 is 1.07 bits per heavy atom. The lowest BCUT2D eigenvalue weighted by Crippen LogP contribution is -2.10. The van der Waals surface area contributed by atoms with Crippen molar-refractivity contribution >= 4 is 158 Å². The van der Waals surface area contributed by atoms with Gasteiger partial charge in [0, 0.05) is 87.4 Å². The number of aromatic nitrogens is 2. The Kier molecular flexibility index (Phi) is 18.7. The quantitative estimate of drug-likeness (QED) is 0.131. The third-order valence-corrected chi connectivity index (χ3v) is 21.1. The van der Waals surface area contributed by atoms with Gasteiger partial charge in [-0.15, -0.1) is 0 Å². The average molecular weight is 1430 g/mol. The van der Waals surface area contributed by atoms with Crippen LogP contribution in [-0.4, -0.2) is 9.55 Å². The number of benzene rings is 18. The van der Waals surface area contributed by atoms with Crippen LogP contribution in [0.2, 0.25) is 0 Å². The fourth-order valence-corrected chi connectivity index (χ4v) is 15.9. The van der Waals surface area contributed by atoms with Crippen LogP contribution in [0.25, 0.3) is 136 Å². The van der Waals surface area contributed by atoms with E-state index in [-0.39, 0.29) is 0 Å². The Morgan fingerprint density at radius 2 is 0.585 bits per heavy atom. The molecule has 2 aromatic heterocycles. The van der Waals surface area contributed by atoms with Gasteiger partial charge in [-0.05, 0) is 162 Å². The van der Waals surface area contributed by atoms with Crippen molar-refractivity contribution < 1.29 is 0 Å². The summed E-state index contributed by atoms with van der Waals surface area (Å²) in [4.78, 5) is 8.36. The van der Waals surface area contributed by atoms with Crippen LogP contribution in [-0.2, 0) is 0 Å². The smallest absolute Gasteiger partial charge is 0.0626 e. The largest absolute Gasteiger partial charge is 0.353 e. The molecule has 0 amide bonds. The molecule has 0 atom stereocenters. The minimum absolute atomic E-state index is 1.08. The van der Waals surface area contributed by atoms with Crippen LogP contribution in [0.5, 0.6) is 0 Å². The van der Waals surface area contributed by atoms with Gasteiger partial charge in [0.25, 0.3) is 0 Å². The standard InChI is InChI=1S/C48H32N2.C24H18BrN.C24H15N.C5H12/c1-3-13-33(14-4-1)34-23-26-37(27-24-34)49(36-16-5-2-6-17-36)38-28-30-39(31-29-38)50-47-40-18-8-7-15-35(40)25-32-45(47)46-43-21-11-9-19-41(43)42-20-10-12-22-44(42)48(46)50;25-21-13-17-24(18-14-21)26(22-9-5-2-6-10-22)23-15-11-20(12-16-23)19-7-3-1-4-8-19;1-2-8-16-15(7-1)13-14-21-22-19-11-5-3-9-17(19)18-10-4-6-12-20(18)24(22)25-23(16)21;1-3-5-4-2/h1-32H;1-18H;1-14,25H;3-5H2,1-2H3. The van der Waals surface area contributed by atoms with Gasteiger partial charge in [-0.25, -0.2) is 0 Å². The monoisotopic (exact) mass is 1420 g/mol. The molecule has 0 aliphatic carbocycles. The van der Waals surface area contributed by atoms with E-state index in [1.54, 1.807) is 0 Å². The van der Waals surface area contributed by atoms with E-state index in [0.29, 0.717) is 0 Å². The third-order valence-electron chi connectivity index (χ3n) is 20.6. The lowest BCUT2D eigenvalue weighted by atomic mass is 9.96. The summed E-state index contributed by atoms with van der Waals surface area (Å²) < 4.78 is 3.58. The fourth-order valence-electron chi connectivity index (χ4n) is 15.6. The molecule has 5 heteroatoms. The molecule has 0 saturated heterocycles. The molecule has 20 rings (SSSR count). The van der Waals surface area contributed by atoms with Gasteiger partial charge < -0.3 is 19.4 Å². The van der Waals surface area contributed by atoms with Gasteiger partial charge in [-0.1, -0.05) is 340 Å². The first-order chi connectivity index (χ1) is 52.5. The first-order valence-electron chi connectivity index (χ1n) is 36.8. The van der Waals surface area contributed by atoms with Crippen molar-refractivity contribution in [3.05, 3.63) is 393 Å². The fraction of sp³-hybridized carbons (Fsp3) is 0.0495. The van der Waals surface area contributed by atoms with E-state index in [1.807, 2.05) is 12.1 Å². The average Bonchev–Trinajstić information content (AvgIpc) is 1.54. The molecular weight excluding hydrogens is 1350 g/mol. The summed E-state index contributed by atoms with van der Waals surface area (Å²) in [7, 11) is 0. The molecule has 0 aliphatic heterocycles. The van der Waals surface area contributed by atoms with Gasteiger partial charge in [-0.2, -0.15) is 0 Å². The number of nitrogens with zero attached hydrogens (tertiary/aromatic N) is 3. The number of unbranched alkanes of at least 4 members (excludes halogenated alkanes) is 2. The van der Waals surface area contributed by atoms with Gasteiger partial charge in [0.05, 0.1) is 22.1 Å². The van der Waals surface area contributed by atoms with Crippen LogP contribution >= 0.6 is 15.9 Å². The third kappa shape index (κ3) is 12.8. The van der Waals surface area contributed by atoms with Gasteiger partial charge in [0.15, 0.2) is 0 Å². The lowest BCUT2D eigenvalue weighted by Gasteiger charge is -2.26. The van der Waals surface area contributed by atoms with Crippen LogP contribution < -0.4 is 9.80 Å². The summed E-state index contributed by atoms with van der Waals surface area (Å²) in [5, 5.41) is 20.6. The molecule has 106 heavy (non-hydrogen) atoms. The Hall–Kier alpha value is -12.8. The van der Waals surface area contributed by atoms with E-state index in [2.05, 4.69) is 425 Å². The second kappa shape index (κ2) is 29.9. The highest BCUT2D eigenvalue weighted by Crippen LogP contribution is 2.47. The van der Waals surface area contributed by atoms with E-state index in [1.165, 1.54) is 150 Å². The van der Waals surface area contributed by atoms with Crippen LogP contribution in [0, 0.1) is 0 Å². The second-order valence-corrected chi connectivity index (χ2v) is 27.9. The van der Waals surface area contributed by atoms with Crippen molar-refractivity contribution in [2.75, 3.05) is 9.80 Å². The van der Waals surface area contributed by atoms with E-state index in [0.717, 1.165) is 44.3 Å². The number of halogens is 1. The van der Waals surface area contributed by atoms with Crippen LogP contribution in [0.1, 0.15) is 33.1 Å². The van der Waals surface area contributed by atoms with Gasteiger partial charge in [0.1, 0.15) is 0 Å². The predicted molar refractivity (Wildman–Crippen MR) is 461 cm³/mol. The Labute approximate surface area is 627 Å². The second-order valence-electron chi connectivity index (χ2n) is 27.0. The topological polar surface area (TPSA) is 27.2 Å². The zero-order valence-corrected chi connectivity index (χ0v) is 60.9. The first kappa shape index (κ1) is 66.4. The Balaban J connectivity index is 0.000000124. The van der Waals surface area contributed by atoms with Crippen molar-refractivity contribution in [2.45, 2.75) is 33.1 Å². The number of fused-ring (bicyclic) bond motifs is 20. The molecule has 18 aromatic carbocycles. The van der Waals surface area contributed by atoms with Gasteiger partial charge in [-0.3, -0.25) is 0 Å². The summed E-state index contributed by atoms with van der Waals surface area (Å²) in [6.45, 7) is 4.42. The summed E-state index contributed by atoms with van der Waals surface area (Å²) >= 11 is 3.52. The van der Waals surface area contributed by atoms with Crippen molar-refractivity contribution in [3.8, 4) is 27.9 Å². The minimum Gasteiger partial charge on any atom is -0.353 e. The molecule has 0 saturated carbocycles. The normalized spacial score (nSPS) is 11.3. The number of hydrogen-bond donors (Lipinski definition) is 1. The maximum absolute atomic E-state index is 3.76. The van der Waals surface area contributed by atoms with E-state index >= 15 is 0 Å². The molecule has 4 nitrogen and oxygen atoms in total. The molecule has 2 heterocycles. The number of aromatic amines is 1. The van der Waals surface area contributed by atoms with Crippen molar-refractivity contribution in [1.29, 1.82) is 0 Å². The van der Waals surface area contributed by atoms with E-state index in [4.69, 9.17) is 0 Å². The summed E-state index contributed by atoms with van der Waals surface area (Å²) in [5.41, 5.74) is 17.7.